The van der Waals surface area contributed by atoms with Gasteiger partial charge in [0.25, 0.3) is 11.4 Å². The molecule has 0 N–H and O–H groups in total. The maximum atomic E-state index is 13.6. The summed E-state index contributed by atoms with van der Waals surface area (Å²) in [6.45, 7) is 22.9. The molecule has 12 nitrogen and oxygen atoms in total. The Labute approximate surface area is 327 Å². The Balaban J connectivity index is 1.16. The van der Waals surface area contributed by atoms with Gasteiger partial charge in [-0.1, -0.05) is 71.2 Å². The summed E-state index contributed by atoms with van der Waals surface area (Å²) in [4.78, 5) is 54.0. The Bertz CT molecular complexity index is 2790. The lowest BCUT2D eigenvalue weighted by Crippen LogP contribution is -2.32. The van der Waals surface area contributed by atoms with Gasteiger partial charge in [0.1, 0.15) is 32.4 Å². The molecule has 4 aliphatic rings. The lowest BCUT2D eigenvalue weighted by Gasteiger charge is -2.37. The second-order valence-corrected chi connectivity index (χ2v) is 15.9. The van der Waals surface area contributed by atoms with E-state index in [1.807, 2.05) is 52.0 Å². The van der Waals surface area contributed by atoms with E-state index in [9.17, 15) is 20.1 Å². The van der Waals surface area contributed by atoms with Crippen molar-refractivity contribution in [3.05, 3.63) is 128 Å². The van der Waals surface area contributed by atoms with E-state index < -0.39 is 22.8 Å². The highest BCUT2D eigenvalue weighted by atomic mass is 32.1. The van der Waals surface area contributed by atoms with Crippen molar-refractivity contribution in [3.63, 3.8) is 0 Å². The van der Waals surface area contributed by atoms with E-state index in [-0.39, 0.29) is 44.2 Å². The summed E-state index contributed by atoms with van der Waals surface area (Å²) in [5, 5.41) is 20.0. The first-order chi connectivity index (χ1) is 26.9. The topological polar surface area (TPSA) is 159 Å². The van der Waals surface area contributed by atoms with E-state index in [0.717, 1.165) is 22.3 Å². The number of thiazole rings is 2. The summed E-state index contributed by atoms with van der Waals surface area (Å²) in [5.74, 6) is -0.130. The summed E-state index contributed by atoms with van der Waals surface area (Å²) in [7, 11) is 0. The Hall–Kier alpha value is -7.36. The second kappa shape index (κ2) is 12.1. The van der Waals surface area contributed by atoms with Gasteiger partial charge in [0.05, 0.1) is 25.3 Å². The number of benzene rings is 3. The number of nitriles is 2. The fourth-order valence-electron chi connectivity index (χ4n) is 7.42. The van der Waals surface area contributed by atoms with Gasteiger partial charge in [-0.05, 0) is 51.0 Å². The number of carbonyl (C=O) groups excluding carboxylic acids is 2. The van der Waals surface area contributed by atoms with Gasteiger partial charge in [0, 0.05) is 44.5 Å². The fraction of sp³-hybridized carbons (Fsp3) is 0.143. The minimum Gasteiger partial charge on any atom is -0.466 e. The standard InChI is InChI=1S/C42H22N8O4S2/c1-41(2)25-15-24-26(16-23(25)35-37(53-41)49-39(55-35)47-31-29(27(17-43)45-5)19-11-7-9-13-21(19)33(31)51)42(3,4)54-38-36(24)56-40(50-38)48-32-30(28(18-44)46-6)20-12-8-10-14-22(20)34(32)52/h7-16H,1-4H3/b29-27+,30-28?,47-31?,48-32?. The molecule has 3 aromatic carbocycles. The van der Waals surface area contributed by atoms with E-state index in [2.05, 4.69) is 29.6 Å². The summed E-state index contributed by atoms with van der Waals surface area (Å²) < 4.78 is 13.0. The largest absolute Gasteiger partial charge is 0.466 e. The van der Waals surface area contributed by atoms with Gasteiger partial charge in [-0.15, -0.1) is 0 Å². The van der Waals surface area contributed by atoms with Crippen LogP contribution in [0.3, 0.4) is 0 Å². The Morgan fingerprint density at radius 2 is 1.04 bits per heavy atom. The van der Waals surface area contributed by atoms with Crippen molar-refractivity contribution in [3.8, 4) is 44.8 Å². The lowest BCUT2D eigenvalue weighted by molar-refractivity contribution is 0.0954. The lowest BCUT2D eigenvalue weighted by atomic mass is 9.81. The summed E-state index contributed by atoms with van der Waals surface area (Å²) in [5.41, 5.74) is 3.17. The number of nitrogens with zero attached hydrogens (tertiary/aromatic N) is 8. The van der Waals surface area contributed by atoms with E-state index in [1.54, 1.807) is 48.5 Å². The number of aliphatic imine (C=N–C) groups is 2. The van der Waals surface area contributed by atoms with Crippen molar-refractivity contribution < 1.29 is 19.1 Å². The highest BCUT2D eigenvalue weighted by molar-refractivity contribution is 7.19. The van der Waals surface area contributed by atoms with Gasteiger partial charge in [-0.2, -0.15) is 9.97 Å². The second-order valence-electron chi connectivity index (χ2n) is 14.0. The van der Waals surface area contributed by atoms with Crippen molar-refractivity contribution in [2.24, 2.45) is 9.98 Å². The summed E-state index contributed by atoms with van der Waals surface area (Å²) in [6.07, 6.45) is 0. The van der Waals surface area contributed by atoms with Crippen molar-refractivity contribution in [2.75, 3.05) is 0 Å². The van der Waals surface area contributed by atoms with E-state index in [0.29, 0.717) is 43.8 Å². The monoisotopic (exact) mass is 766 g/mol. The first-order valence-electron chi connectivity index (χ1n) is 17.0. The number of aromatic nitrogens is 2. The smallest absolute Gasteiger partial charge is 0.271 e. The van der Waals surface area contributed by atoms with Crippen LogP contribution in [0.5, 0.6) is 11.8 Å². The first-order valence-corrected chi connectivity index (χ1v) is 18.6. The van der Waals surface area contributed by atoms with Crippen LogP contribution in [0, 0.1) is 35.8 Å². The number of fused-ring (bicyclic) bond motifs is 8. The number of rotatable bonds is 2. The van der Waals surface area contributed by atoms with Crippen LogP contribution in [-0.2, 0) is 11.2 Å². The predicted octanol–water partition coefficient (Wildman–Crippen LogP) is 9.43. The molecule has 14 heteroatoms. The molecule has 0 saturated heterocycles. The number of ketones is 2. The van der Waals surface area contributed by atoms with Crippen LogP contribution in [0.2, 0.25) is 0 Å². The Morgan fingerprint density at radius 3 is 1.39 bits per heavy atom. The molecule has 2 aromatic heterocycles. The highest BCUT2D eigenvalue weighted by Crippen LogP contribution is 2.56. The van der Waals surface area contributed by atoms with Gasteiger partial charge in [0.15, 0.2) is 0 Å². The molecule has 0 bridgehead atoms. The SMILES string of the molecule is [C-]#[N+]C(C#N)=C1C(=Nc2nc3c(s2)-c2cc4c(cc2C(C)(C)O3)-c2sc(N=C3C(=O)c5ccccc5/C3=C(/C#N)[N+]#[C-])nc2OC4(C)C)C(=O)c2ccccc21. The third-order valence-corrected chi connectivity index (χ3v) is 11.9. The molecule has 9 rings (SSSR count). The van der Waals surface area contributed by atoms with Crippen molar-refractivity contribution in [2.45, 2.75) is 38.9 Å². The molecule has 2 aliphatic carbocycles. The van der Waals surface area contributed by atoms with Crippen molar-refractivity contribution >= 4 is 67.1 Å². The van der Waals surface area contributed by atoms with Crippen LogP contribution in [-0.4, -0.2) is 33.0 Å². The van der Waals surface area contributed by atoms with Gasteiger partial charge < -0.3 is 9.47 Å². The van der Waals surface area contributed by atoms with Gasteiger partial charge in [-0.3, -0.25) is 9.59 Å². The van der Waals surface area contributed by atoms with E-state index >= 15 is 0 Å². The molecule has 266 valence electrons. The number of carbonyl (C=O) groups is 2. The summed E-state index contributed by atoms with van der Waals surface area (Å²) >= 11 is 2.45. The highest BCUT2D eigenvalue weighted by Gasteiger charge is 2.43. The molecule has 4 heterocycles. The molecule has 0 saturated carbocycles. The zero-order valence-electron chi connectivity index (χ0n) is 29.8. The molecule has 0 fully saturated rings. The number of hydrogen-bond donors (Lipinski definition) is 0. The number of ether oxygens (including phenoxy) is 2. The van der Waals surface area contributed by atoms with E-state index in [1.165, 1.54) is 22.7 Å². The fourth-order valence-corrected chi connectivity index (χ4v) is 9.23. The quantitative estimate of drug-likeness (QED) is 0.127. The molecular weight excluding hydrogens is 745 g/mol. The van der Waals surface area contributed by atoms with Crippen LogP contribution >= 0.6 is 22.7 Å². The van der Waals surface area contributed by atoms with Gasteiger partial charge in [-0.25, -0.2) is 30.2 Å². The maximum Gasteiger partial charge on any atom is 0.271 e. The number of allylic oxidation sites excluding steroid dienone is 4. The van der Waals surface area contributed by atoms with Gasteiger partial charge in [0.2, 0.25) is 33.6 Å². The molecule has 0 amide bonds. The zero-order chi connectivity index (χ0) is 39.3. The van der Waals surface area contributed by atoms with Crippen LogP contribution in [0.1, 0.15) is 70.7 Å². The minimum atomic E-state index is -0.871. The first kappa shape index (κ1) is 34.4. The van der Waals surface area contributed by atoms with Crippen molar-refractivity contribution in [1.82, 2.24) is 9.97 Å². The number of Topliss-reactive ketones (excluding diaryl/α,β-unsaturated/α-hetero) is 2. The van der Waals surface area contributed by atoms with Crippen LogP contribution in [0.15, 0.2) is 82.0 Å². The molecule has 0 spiro atoms. The molecular formula is C42H22N8O4S2. The molecule has 5 aromatic rings. The number of hydrogen-bond acceptors (Lipinski definition) is 12. The van der Waals surface area contributed by atoms with Crippen LogP contribution < -0.4 is 9.47 Å². The molecule has 0 unspecified atom stereocenters. The van der Waals surface area contributed by atoms with Crippen LogP contribution in [0.25, 0.3) is 41.7 Å². The Kier molecular flexibility index (Phi) is 7.42. The average Bonchev–Trinajstić information content (AvgIpc) is 3.92. The molecule has 0 atom stereocenters. The van der Waals surface area contributed by atoms with Crippen LogP contribution in [0.4, 0.5) is 10.3 Å². The normalized spacial score (nSPS) is 19.4. The van der Waals surface area contributed by atoms with Crippen molar-refractivity contribution in [1.29, 1.82) is 10.5 Å². The maximum absolute atomic E-state index is 13.6. The third-order valence-electron chi connectivity index (χ3n) is 9.93. The zero-order valence-corrected chi connectivity index (χ0v) is 31.4. The predicted molar refractivity (Wildman–Crippen MR) is 210 cm³/mol. The van der Waals surface area contributed by atoms with Gasteiger partial charge >= 0.3 is 0 Å². The molecule has 56 heavy (non-hydrogen) atoms. The minimum absolute atomic E-state index is 0.0230. The van der Waals surface area contributed by atoms with E-state index in [4.69, 9.17) is 22.6 Å². The Morgan fingerprint density at radius 1 is 0.661 bits per heavy atom. The summed E-state index contributed by atoms with van der Waals surface area (Å²) in [6, 6.07) is 21.5. The molecule has 2 aliphatic heterocycles. The molecule has 0 radical (unpaired) electrons. The average molecular weight is 767 g/mol. The third kappa shape index (κ3) is 4.91.